The van der Waals surface area contributed by atoms with Gasteiger partial charge in [-0.2, -0.15) is 0 Å². The van der Waals surface area contributed by atoms with Crippen molar-refractivity contribution in [2.45, 2.75) is 53.1 Å². The molecule has 5 nitrogen and oxygen atoms in total. The first-order chi connectivity index (χ1) is 10.7. The Kier molecular flexibility index (Phi) is 5.62. The van der Waals surface area contributed by atoms with Crippen molar-refractivity contribution in [1.29, 1.82) is 0 Å². The van der Waals surface area contributed by atoms with Crippen LogP contribution in [0.5, 0.6) is 0 Å². The smallest absolute Gasteiger partial charge is 0.194 e. The highest BCUT2D eigenvalue weighted by atomic mass is 15.4. The van der Waals surface area contributed by atoms with E-state index >= 15 is 0 Å². The van der Waals surface area contributed by atoms with Gasteiger partial charge in [-0.25, -0.2) is 0 Å². The number of nitrogens with one attached hydrogen (secondary N) is 1. The molecule has 1 atom stereocenters. The van der Waals surface area contributed by atoms with Gasteiger partial charge in [-0.05, 0) is 27.3 Å². The molecule has 2 saturated heterocycles. The number of likely N-dealkylation sites (tertiary alicyclic amines) is 1. The lowest BCUT2D eigenvalue weighted by Gasteiger charge is -2.62. The summed E-state index contributed by atoms with van der Waals surface area (Å²) in [4.78, 5) is 12.1. The summed E-state index contributed by atoms with van der Waals surface area (Å²) >= 11 is 0. The van der Waals surface area contributed by atoms with Gasteiger partial charge >= 0.3 is 0 Å². The van der Waals surface area contributed by atoms with Gasteiger partial charge in [0.1, 0.15) is 0 Å². The zero-order valence-electron chi connectivity index (χ0n) is 16.3. The average Bonchev–Trinajstić information content (AvgIpc) is 2.54. The van der Waals surface area contributed by atoms with E-state index in [4.69, 9.17) is 0 Å². The Hall–Kier alpha value is -0.810. The van der Waals surface area contributed by atoms with Gasteiger partial charge in [0, 0.05) is 63.3 Å². The van der Waals surface area contributed by atoms with E-state index < -0.39 is 0 Å². The van der Waals surface area contributed by atoms with Crippen LogP contribution < -0.4 is 5.32 Å². The van der Waals surface area contributed by atoms with Crippen LogP contribution in [0, 0.1) is 5.41 Å². The van der Waals surface area contributed by atoms with E-state index in [2.05, 4.69) is 66.6 Å². The predicted molar refractivity (Wildman–Crippen MR) is 99.1 cm³/mol. The molecule has 0 aromatic carbocycles. The molecule has 0 aliphatic carbocycles. The molecule has 23 heavy (non-hydrogen) atoms. The molecule has 1 N–H and O–H groups in total. The zero-order valence-corrected chi connectivity index (χ0v) is 16.3. The maximum Gasteiger partial charge on any atom is 0.194 e. The molecule has 0 bridgehead atoms. The normalized spacial score (nSPS) is 26.7. The van der Waals surface area contributed by atoms with Crippen LogP contribution in [0.3, 0.4) is 0 Å². The van der Waals surface area contributed by atoms with E-state index in [0.717, 1.165) is 19.0 Å². The second-order valence-corrected chi connectivity index (χ2v) is 8.28. The minimum absolute atomic E-state index is 0.158. The number of guanidine groups is 1. The monoisotopic (exact) mass is 323 g/mol. The average molecular weight is 324 g/mol. The summed E-state index contributed by atoms with van der Waals surface area (Å²) in [6.45, 7) is 21.9. The summed E-state index contributed by atoms with van der Waals surface area (Å²) in [5.41, 5.74) is 0.498. The molecule has 2 heterocycles. The van der Waals surface area contributed by atoms with Gasteiger partial charge in [-0.1, -0.05) is 20.8 Å². The second-order valence-electron chi connectivity index (χ2n) is 8.28. The second kappa shape index (κ2) is 6.98. The van der Waals surface area contributed by atoms with E-state index in [1.807, 2.05) is 7.05 Å². The molecular formula is C18H37N5. The molecule has 0 aromatic heterocycles. The van der Waals surface area contributed by atoms with E-state index in [1.165, 1.54) is 32.7 Å². The molecule has 134 valence electrons. The molecule has 0 amide bonds. The summed E-state index contributed by atoms with van der Waals surface area (Å²) in [5.74, 6) is 1.05. The van der Waals surface area contributed by atoms with Crippen LogP contribution in [0.2, 0.25) is 0 Å². The van der Waals surface area contributed by atoms with E-state index in [1.54, 1.807) is 0 Å². The van der Waals surface area contributed by atoms with Gasteiger partial charge < -0.3 is 15.1 Å². The Morgan fingerprint density at radius 2 is 1.74 bits per heavy atom. The van der Waals surface area contributed by atoms with E-state index in [-0.39, 0.29) is 5.54 Å². The third kappa shape index (κ3) is 3.66. The molecule has 1 unspecified atom stereocenters. The minimum atomic E-state index is 0.158. The van der Waals surface area contributed by atoms with Crippen molar-refractivity contribution in [3.8, 4) is 0 Å². The lowest BCUT2D eigenvalue weighted by Crippen LogP contribution is -2.72. The molecule has 0 radical (unpaired) electrons. The molecule has 2 fully saturated rings. The molecule has 2 rings (SSSR count). The molecule has 0 saturated carbocycles. The van der Waals surface area contributed by atoms with Gasteiger partial charge in [0.05, 0.1) is 0 Å². The van der Waals surface area contributed by atoms with Gasteiger partial charge in [0.15, 0.2) is 5.96 Å². The predicted octanol–water partition coefficient (Wildman–Crippen LogP) is 1.71. The van der Waals surface area contributed by atoms with Gasteiger partial charge in [0.25, 0.3) is 0 Å². The number of hydrogen-bond donors (Lipinski definition) is 1. The van der Waals surface area contributed by atoms with Gasteiger partial charge in [-0.3, -0.25) is 9.89 Å². The molecule has 5 heteroatoms. The van der Waals surface area contributed by atoms with Crippen LogP contribution in [0.4, 0.5) is 0 Å². The van der Waals surface area contributed by atoms with Crippen LogP contribution in [-0.4, -0.2) is 85.1 Å². The lowest BCUT2D eigenvalue weighted by molar-refractivity contribution is -0.0669. The van der Waals surface area contributed by atoms with Crippen LogP contribution in [-0.2, 0) is 0 Å². The summed E-state index contributed by atoms with van der Waals surface area (Å²) in [6.07, 6.45) is 0. The highest BCUT2D eigenvalue weighted by molar-refractivity contribution is 5.82. The van der Waals surface area contributed by atoms with Crippen molar-refractivity contribution in [2.24, 2.45) is 10.4 Å². The molecule has 2 aliphatic rings. The Morgan fingerprint density at radius 1 is 1.13 bits per heavy atom. The SMILES string of the molecule is CCN1CCN(C(C)CNC(=NC)N2CC(C)(C)C2(C)C)CC1. The Labute approximate surface area is 143 Å². The first-order valence-corrected chi connectivity index (χ1v) is 9.17. The van der Waals surface area contributed by atoms with Crippen LogP contribution in [0.25, 0.3) is 0 Å². The lowest BCUT2D eigenvalue weighted by atomic mass is 9.65. The number of nitrogens with zero attached hydrogens (tertiary/aromatic N) is 4. The standard InChI is InChI=1S/C18H37N5/c1-8-21-9-11-22(12-10-21)15(2)13-20-16(19-7)23-14-17(3,4)18(23,5)6/h15H,8-14H2,1-7H3,(H,19,20). The van der Waals surface area contributed by atoms with Crippen molar-refractivity contribution >= 4 is 5.96 Å². The first-order valence-electron chi connectivity index (χ1n) is 9.17. The summed E-state index contributed by atoms with van der Waals surface area (Å²) in [7, 11) is 1.90. The number of hydrogen-bond acceptors (Lipinski definition) is 3. The van der Waals surface area contributed by atoms with E-state index in [9.17, 15) is 0 Å². The molecular weight excluding hydrogens is 286 g/mol. The molecule has 0 aromatic rings. The minimum Gasteiger partial charge on any atom is -0.355 e. The van der Waals surface area contributed by atoms with Crippen molar-refractivity contribution in [1.82, 2.24) is 20.0 Å². The van der Waals surface area contributed by atoms with Crippen LogP contribution in [0.1, 0.15) is 41.5 Å². The first kappa shape index (κ1) is 18.5. The van der Waals surface area contributed by atoms with E-state index in [0.29, 0.717) is 11.5 Å². The molecule has 0 spiro atoms. The maximum atomic E-state index is 4.52. The quantitative estimate of drug-likeness (QED) is 0.631. The van der Waals surface area contributed by atoms with Crippen molar-refractivity contribution < 1.29 is 0 Å². The van der Waals surface area contributed by atoms with Gasteiger partial charge in [-0.15, -0.1) is 0 Å². The van der Waals surface area contributed by atoms with Gasteiger partial charge in [0.2, 0.25) is 0 Å². The van der Waals surface area contributed by atoms with Crippen molar-refractivity contribution in [3.05, 3.63) is 0 Å². The summed E-state index contributed by atoms with van der Waals surface area (Å²) in [5, 5.41) is 3.61. The summed E-state index contributed by atoms with van der Waals surface area (Å²) < 4.78 is 0. The fourth-order valence-electron chi connectivity index (χ4n) is 3.58. The third-order valence-corrected chi connectivity index (χ3v) is 6.38. The topological polar surface area (TPSA) is 34.1 Å². The number of piperazine rings is 1. The third-order valence-electron chi connectivity index (χ3n) is 6.38. The van der Waals surface area contributed by atoms with Crippen molar-refractivity contribution in [3.63, 3.8) is 0 Å². The van der Waals surface area contributed by atoms with Crippen molar-refractivity contribution in [2.75, 3.05) is 52.9 Å². The zero-order chi connectivity index (χ0) is 17.3. The highest BCUT2D eigenvalue weighted by Crippen LogP contribution is 2.46. The fourth-order valence-corrected chi connectivity index (χ4v) is 3.58. The number of rotatable bonds is 4. The Morgan fingerprint density at radius 3 is 2.17 bits per heavy atom. The summed E-state index contributed by atoms with van der Waals surface area (Å²) in [6, 6.07) is 0.545. The fraction of sp³-hybridized carbons (Fsp3) is 0.944. The Bertz CT molecular complexity index is 421. The van der Waals surface area contributed by atoms with Crippen LogP contribution in [0.15, 0.2) is 4.99 Å². The molecule has 2 aliphatic heterocycles. The number of likely N-dealkylation sites (N-methyl/N-ethyl adjacent to an activating group) is 1. The maximum absolute atomic E-state index is 4.52. The van der Waals surface area contributed by atoms with Crippen LogP contribution >= 0.6 is 0 Å². The number of aliphatic imine (C=N–C) groups is 1. The highest BCUT2D eigenvalue weighted by Gasteiger charge is 2.53. The largest absolute Gasteiger partial charge is 0.355 e. The Balaban J connectivity index is 1.83.